The van der Waals surface area contributed by atoms with Crippen molar-refractivity contribution in [2.45, 2.75) is 0 Å². The van der Waals surface area contributed by atoms with Crippen molar-refractivity contribution in [2.75, 3.05) is 18.2 Å². The molecule has 0 radical (unpaired) electrons. The number of ether oxygens (including phenoxy) is 1. The Morgan fingerprint density at radius 3 is 2.82 bits per heavy atom. The van der Waals surface area contributed by atoms with Crippen molar-refractivity contribution in [3.05, 3.63) is 40.9 Å². The Hall–Kier alpha value is -1.75. The summed E-state index contributed by atoms with van der Waals surface area (Å²) in [5.41, 5.74) is 6.50. The number of nitrogen functional groups attached to an aromatic ring is 1. The maximum Gasteiger partial charge on any atom is 0.132 e. The normalized spacial score (nSPS) is 10.0. The van der Waals surface area contributed by atoms with Crippen LogP contribution in [0.2, 0.25) is 0 Å². The Kier molecular flexibility index (Phi) is 3.49. The number of halogens is 1. The molecule has 0 amide bonds. The highest BCUT2D eigenvalue weighted by Crippen LogP contribution is 2.29. The zero-order chi connectivity index (χ0) is 12.3. The average molecular weight is 294 g/mol. The van der Waals surface area contributed by atoms with Crippen molar-refractivity contribution >= 4 is 33.3 Å². The molecule has 0 unspecified atom stereocenters. The van der Waals surface area contributed by atoms with E-state index in [4.69, 9.17) is 10.5 Å². The van der Waals surface area contributed by atoms with Crippen LogP contribution in [0, 0.1) is 0 Å². The number of nitrogens with one attached hydrogen (secondary N) is 1. The Labute approximate surface area is 108 Å². The molecular formula is C12H12BrN3O. The van der Waals surface area contributed by atoms with Crippen molar-refractivity contribution in [1.29, 1.82) is 0 Å². The molecule has 0 aliphatic rings. The van der Waals surface area contributed by atoms with Crippen LogP contribution in [0.4, 0.5) is 17.3 Å². The smallest absolute Gasteiger partial charge is 0.132 e. The molecule has 2 aromatic rings. The van der Waals surface area contributed by atoms with Gasteiger partial charge in [-0.3, -0.25) is 0 Å². The van der Waals surface area contributed by atoms with Gasteiger partial charge in [-0.1, -0.05) is 6.07 Å². The van der Waals surface area contributed by atoms with Gasteiger partial charge < -0.3 is 15.8 Å². The molecule has 0 aliphatic heterocycles. The summed E-state index contributed by atoms with van der Waals surface area (Å²) in [4.78, 5) is 4.17. The fraction of sp³-hybridized carbons (Fsp3) is 0.0833. The fourth-order valence-corrected chi connectivity index (χ4v) is 1.73. The number of pyridine rings is 1. The van der Waals surface area contributed by atoms with Crippen LogP contribution >= 0.6 is 15.9 Å². The first kappa shape index (κ1) is 11.7. The monoisotopic (exact) mass is 293 g/mol. The van der Waals surface area contributed by atoms with Crippen LogP contribution in [0.3, 0.4) is 0 Å². The number of methoxy groups -OCH3 is 1. The van der Waals surface area contributed by atoms with Gasteiger partial charge in [-0.25, -0.2) is 4.98 Å². The van der Waals surface area contributed by atoms with Crippen molar-refractivity contribution in [2.24, 2.45) is 0 Å². The molecule has 1 aromatic heterocycles. The van der Waals surface area contributed by atoms with Gasteiger partial charge >= 0.3 is 0 Å². The lowest BCUT2D eigenvalue weighted by Gasteiger charge is -2.09. The van der Waals surface area contributed by atoms with Crippen LogP contribution in [0.5, 0.6) is 5.75 Å². The molecule has 1 aromatic carbocycles. The molecule has 2 rings (SSSR count). The highest BCUT2D eigenvalue weighted by Gasteiger charge is 2.03. The number of hydrogen-bond acceptors (Lipinski definition) is 4. The van der Waals surface area contributed by atoms with Gasteiger partial charge in [0.15, 0.2) is 0 Å². The molecule has 17 heavy (non-hydrogen) atoms. The second-order valence-corrected chi connectivity index (χ2v) is 4.27. The Balaban J connectivity index is 2.29. The van der Waals surface area contributed by atoms with E-state index in [2.05, 4.69) is 26.2 Å². The quantitative estimate of drug-likeness (QED) is 0.912. The predicted octanol–water partition coefficient (Wildman–Crippen LogP) is 3.18. The van der Waals surface area contributed by atoms with Gasteiger partial charge in [-0.2, -0.15) is 0 Å². The molecule has 1 heterocycles. The zero-order valence-corrected chi connectivity index (χ0v) is 10.9. The van der Waals surface area contributed by atoms with E-state index in [9.17, 15) is 0 Å². The second-order valence-electron chi connectivity index (χ2n) is 3.42. The first-order valence-electron chi connectivity index (χ1n) is 5.02. The number of rotatable bonds is 3. The van der Waals surface area contributed by atoms with E-state index >= 15 is 0 Å². The summed E-state index contributed by atoms with van der Waals surface area (Å²) in [6.45, 7) is 0. The maximum atomic E-state index is 5.62. The third-order valence-corrected chi connectivity index (χ3v) is 2.90. The van der Waals surface area contributed by atoms with Crippen LogP contribution in [-0.4, -0.2) is 12.1 Å². The lowest BCUT2D eigenvalue weighted by Crippen LogP contribution is -1.97. The molecule has 0 aliphatic carbocycles. The molecule has 3 N–H and O–H groups in total. The number of benzene rings is 1. The summed E-state index contributed by atoms with van der Waals surface area (Å²) < 4.78 is 6.10. The summed E-state index contributed by atoms with van der Waals surface area (Å²) in [6.07, 6.45) is 0. The Bertz CT molecular complexity index is 531. The van der Waals surface area contributed by atoms with Gasteiger partial charge in [0.1, 0.15) is 17.4 Å². The van der Waals surface area contributed by atoms with Crippen LogP contribution < -0.4 is 15.8 Å². The lowest BCUT2D eigenvalue weighted by molar-refractivity contribution is 0.415. The summed E-state index contributed by atoms with van der Waals surface area (Å²) in [7, 11) is 1.63. The highest BCUT2D eigenvalue weighted by atomic mass is 79.9. The van der Waals surface area contributed by atoms with E-state index in [0.29, 0.717) is 11.6 Å². The second kappa shape index (κ2) is 5.05. The van der Waals surface area contributed by atoms with Crippen LogP contribution in [0.25, 0.3) is 0 Å². The minimum absolute atomic E-state index is 0.481. The van der Waals surface area contributed by atoms with Gasteiger partial charge in [-0.15, -0.1) is 0 Å². The number of aromatic nitrogens is 1. The van der Waals surface area contributed by atoms with E-state index < -0.39 is 0 Å². The number of hydrogen-bond donors (Lipinski definition) is 2. The lowest BCUT2D eigenvalue weighted by atomic mass is 10.3. The topological polar surface area (TPSA) is 60.2 Å². The van der Waals surface area contributed by atoms with E-state index in [1.54, 1.807) is 13.2 Å². The molecule has 88 valence electrons. The first-order chi connectivity index (χ1) is 8.19. The molecule has 0 saturated heterocycles. The molecule has 5 heteroatoms. The number of nitrogens with two attached hydrogens (primary N) is 1. The molecule has 0 spiro atoms. The SMILES string of the molecule is COc1ccc(Br)c(Nc2cccc(N)n2)c1. The molecule has 0 atom stereocenters. The van der Waals surface area contributed by atoms with Gasteiger partial charge in [0.25, 0.3) is 0 Å². The zero-order valence-electron chi connectivity index (χ0n) is 9.27. The summed E-state index contributed by atoms with van der Waals surface area (Å²) >= 11 is 3.46. The van der Waals surface area contributed by atoms with E-state index in [-0.39, 0.29) is 0 Å². The van der Waals surface area contributed by atoms with Crippen molar-refractivity contribution in [1.82, 2.24) is 4.98 Å². The van der Waals surface area contributed by atoms with Crippen molar-refractivity contribution in [3.8, 4) is 5.75 Å². The average Bonchev–Trinajstić information content (AvgIpc) is 2.32. The molecular weight excluding hydrogens is 282 g/mol. The third-order valence-electron chi connectivity index (χ3n) is 2.21. The molecule has 0 bridgehead atoms. The predicted molar refractivity (Wildman–Crippen MR) is 72.6 cm³/mol. The summed E-state index contributed by atoms with van der Waals surface area (Å²) in [5.74, 6) is 1.95. The first-order valence-corrected chi connectivity index (χ1v) is 5.81. The fourth-order valence-electron chi connectivity index (χ4n) is 1.39. The number of anilines is 3. The van der Waals surface area contributed by atoms with Crippen LogP contribution in [0.15, 0.2) is 40.9 Å². The molecule has 0 fully saturated rings. The van der Waals surface area contributed by atoms with Gasteiger partial charge in [0, 0.05) is 10.5 Å². The van der Waals surface area contributed by atoms with Crippen molar-refractivity contribution in [3.63, 3.8) is 0 Å². The van der Waals surface area contributed by atoms with E-state index in [1.165, 1.54) is 0 Å². The van der Waals surface area contributed by atoms with Crippen LogP contribution in [0.1, 0.15) is 0 Å². The molecule has 4 nitrogen and oxygen atoms in total. The largest absolute Gasteiger partial charge is 0.497 e. The summed E-state index contributed by atoms with van der Waals surface area (Å²) in [5, 5.41) is 3.17. The number of nitrogens with zero attached hydrogens (tertiary/aromatic N) is 1. The van der Waals surface area contributed by atoms with Gasteiger partial charge in [0.2, 0.25) is 0 Å². The van der Waals surface area contributed by atoms with Gasteiger partial charge in [0.05, 0.1) is 12.8 Å². The van der Waals surface area contributed by atoms with Crippen molar-refractivity contribution < 1.29 is 4.74 Å². The Morgan fingerprint density at radius 2 is 2.12 bits per heavy atom. The van der Waals surface area contributed by atoms with E-state index in [0.717, 1.165) is 15.9 Å². The minimum atomic E-state index is 0.481. The summed E-state index contributed by atoms with van der Waals surface area (Å²) in [6, 6.07) is 11.1. The molecule has 0 saturated carbocycles. The maximum absolute atomic E-state index is 5.62. The van der Waals surface area contributed by atoms with Gasteiger partial charge in [-0.05, 0) is 40.2 Å². The standard InChI is InChI=1S/C12H12BrN3O/c1-17-8-5-6-9(13)10(7-8)15-12-4-2-3-11(14)16-12/h2-7H,1H3,(H3,14,15,16). The minimum Gasteiger partial charge on any atom is -0.497 e. The third kappa shape index (κ3) is 2.88. The Morgan fingerprint density at radius 1 is 1.29 bits per heavy atom. The highest BCUT2D eigenvalue weighted by molar-refractivity contribution is 9.10. The van der Waals surface area contributed by atoms with Crippen LogP contribution in [-0.2, 0) is 0 Å². The van der Waals surface area contributed by atoms with E-state index in [1.807, 2.05) is 30.3 Å².